The van der Waals surface area contributed by atoms with Crippen LogP contribution in [0.5, 0.6) is 0 Å². The highest BCUT2D eigenvalue weighted by Gasteiger charge is 2.51. The summed E-state index contributed by atoms with van der Waals surface area (Å²) in [5.74, 6) is 0.259. The topological polar surface area (TPSA) is 26.3 Å². The molecule has 0 spiro atoms. The molecule has 1 aliphatic rings. The second-order valence-electron chi connectivity index (χ2n) is 5.65. The van der Waals surface area contributed by atoms with Crippen LogP contribution in [0, 0.1) is 0 Å². The number of rotatable bonds is 3. The van der Waals surface area contributed by atoms with Gasteiger partial charge in [0.2, 0.25) is 0 Å². The van der Waals surface area contributed by atoms with Crippen molar-refractivity contribution in [2.45, 2.75) is 24.7 Å². The van der Waals surface area contributed by atoms with Crippen LogP contribution in [0.3, 0.4) is 0 Å². The summed E-state index contributed by atoms with van der Waals surface area (Å²) in [6.45, 7) is 2.31. The summed E-state index contributed by atoms with van der Waals surface area (Å²) >= 11 is 0. The number of hydrogen-bond acceptors (Lipinski definition) is 2. The Kier molecular flexibility index (Phi) is 3.09. The fourth-order valence-corrected chi connectivity index (χ4v) is 2.96. The number of carbonyl (C=O) groups is 1. The van der Waals surface area contributed by atoms with Crippen molar-refractivity contribution in [1.29, 1.82) is 0 Å². The zero-order chi connectivity index (χ0) is 14.2. The molecular weight excluding hydrogens is 248 g/mol. The van der Waals surface area contributed by atoms with Gasteiger partial charge in [-0.3, -0.25) is 0 Å². The van der Waals surface area contributed by atoms with Crippen molar-refractivity contribution in [2.75, 3.05) is 7.11 Å². The van der Waals surface area contributed by atoms with E-state index in [0.717, 1.165) is 6.42 Å². The van der Waals surface area contributed by atoms with Gasteiger partial charge in [0, 0.05) is 0 Å². The van der Waals surface area contributed by atoms with E-state index in [1.165, 1.54) is 18.2 Å². The predicted octanol–water partition coefficient (Wildman–Crippen LogP) is 3.92. The minimum absolute atomic E-state index is 0.230. The zero-order valence-electron chi connectivity index (χ0n) is 11.8. The first-order valence-electron chi connectivity index (χ1n) is 6.89. The molecule has 0 N–H and O–H groups in total. The first kappa shape index (κ1) is 12.9. The van der Waals surface area contributed by atoms with Crippen LogP contribution in [0.2, 0.25) is 0 Å². The fraction of sp³-hybridized carbons (Fsp3) is 0.278. The Balaban J connectivity index is 1.81. The predicted molar refractivity (Wildman–Crippen MR) is 78.9 cm³/mol. The van der Waals surface area contributed by atoms with Crippen molar-refractivity contribution < 1.29 is 9.53 Å². The monoisotopic (exact) mass is 266 g/mol. The quantitative estimate of drug-likeness (QED) is 0.787. The molecule has 0 bridgehead atoms. The number of ether oxygens (including phenoxy) is 1. The van der Waals surface area contributed by atoms with E-state index < -0.39 is 0 Å². The van der Waals surface area contributed by atoms with Gasteiger partial charge in [0.1, 0.15) is 0 Å². The molecule has 20 heavy (non-hydrogen) atoms. The lowest BCUT2D eigenvalue weighted by atomic mass is 9.92. The number of hydrogen-bond donors (Lipinski definition) is 0. The molecule has 102 valence electrons. The first-order chi connectivity index (χ1) is 9.65. The summed E-state index contributed by atoms with van der Waals surface area (Å²) in [6.07, 6.45) is 1.16. The molecule has 0 amide bonds. The normalized spacial score (nSPS) is 24.2. The van der Waals surface area contributed by atoms with Gasteiger partial charge in [0.25, 0.3) is 0 Å². The smallest absolute Gasteiger partial charge is 0.337 e. The molecule has 0 aliphatic heterocycles. The van der Waals surface area contributed by atoms with Gasteiger partial charge in [-0.25, -0.2) is 4.79 Å². The van der Waals surface area contributed by atoms with E-state index in [9.17, 15) is 4.79 Å². The van der Waals surface area contributed by atoms with E-state index in [1.54, 1.807) is 0 Å². The van der Waals surface area contributed by atoms with Gasteiger partial charge in [-0.15, -0.1) is 0 Å². The van der Waals surface area contributed by atoms with E-state index in [4.69, 9.17) is 4.74 Å². The Morgan fingerprint density at radius 3 is 2.35 bits per heavy atom. The summed E-state index contributed by atoms with van der Waals surface area (Å²) in [5, 5.41) is 0. The van der Waals surface area contributed by atoms with Gasteiger partial charge in [0.15, 0.2) is 0 Å². The van der Waals surface area contributed by atoms with Crippen molar-refractivity contribution in [3.05, 3.63) is 71.3 Å². The van der Waals surface area contributed by atoms with E-state index in [2.05, 4.69) is 37.3 Å². The average molecular weight is 266 g/mol. The van der Waals surface area contributed by atoms with Gasteiger partial charge < -0.3 is 4.74 Å². The second-order valence-corrected chi connectivity index (χ2v) is 5.65. The lowest BCUT2D eigenvalue weighted by Crippen LogP contribution is -2.04. The molecule has 0 radical (unpaired) electrons. The highest BCUT2D eigenvalue weighted by Crippen LogP contribution is 2.60. The Labute approximate surface area is 119 Å². The number of benzene rings is 2. The summed E-state index contributed by atoms with van der Waals surface area (Å²) in [4.78, 5) is 11.4. The SMILES string of the molecule is COC(=O)c1ccc([C@H]2C[C@]2(C)c2ccccc2)cc1. The summed E-state index contributed by atoms with van der Waals surface area (Å²) < 4.78 is 4.72. The van der Waals surface area contributed by atoms with Crippen LogP contribution in [0.4, 0.5) is 0 Å². The number of methoxy groups -OCH3 is 1. The first-order valence-corrected chi connectivity index (χ1v) is 6.89. The molecule has 3 rings (SSSR count). The van der Waals surface area contributed by atoms with E-state index in [-0.39, 0.29) is 11.4 Å². The Morgan fingerprint density at radius 2 is 1.75 bits per heavy atom. The third kappa shape index (κ3) is 2.11. The van der Waals surface area contributed by atoms with Crippen LogP contribution in [0.1, 0.15) is 40.7 Å². The van der Waals surface area contributed by atoms with Crippen LogP contribution < -0.4 is 0 Å². The molecule has 0 unspecified atom stereocenters. The van der Waals surface area contributed by atoms with Gasteiger partial charge in [0.05, 0.1) is 12.7 Å². The molecule has 0 heterocycles. The highest BCUT2D eigenvalue weighted by atomic mass is 16.5. The maximum atomic E-state index is 11.4. The Morgan fingerprint density at radius 1 is 1.10 bits per heavy atom. The molecule has 2 aromatic rings. The maximum absolute atomic E-state index is 11.4. The van der Waals surface area contributed by atoms with Crippen molar-refractivity contribution in [3.63, 3.8) is 0 Å². The van der Waals surface area contributed by atoms with Gasteiger partial charge in [-0.05, 0) is 41.0 Å². The fourth-order valence-electron chi connectivity index (χ4n) is 2.96. The second kappa shape index (κ2) is 4.78. The molecule has 0 saturated heterocycles. The number of esters is 1. The lowest BCUT2D eigenvalue weighted by molar-refractivity contribution is 0.0600. The van der Waals surface area contributed by atoms with Gasteiger partial charge in [-0.2, -0.15) is 0 Å². The Hall–Kier alpha value is -2.09. The summed E-state index contributed by atoms with van der Waals surface area (Å²) in [5.41, 5.74) is 3.53. The summed E-state index contributed by atoms with van der Waals surface area (Å²) in [7, 11) is 1.41. The minimum Gasteiger partial charge on any atom is -0.465 e. The molecule has 2 aromatic carbocycles. The molecule has 1 fully saturated rings. The molecule has 1 aliphatic carbocycles. The van der Waals surface area contributed by atoms with Crippen LogP contribution in [0.15, 0.2) is 54.6 Å². The third-order valence-electron chi connectivity index (χ3n) is 4.40. The van der Waals surface area contributed by atoms with E-state index >= 15 is 0 Å². The van der Waals surface area contributed by atoms with Crippen LogP contribution in [-0.2, 0) is 10.2 Å². The largest absolute Gasteiger partial charge is 0.465 e. The molecule has 1 saturated carbocycles. The van der Waals surface area contributed by atoms with Crippen LogP contribution in [-0.4, -0.2) is 13.1 Å². The zero-order valence-corrected chi connectivity index (χ0v) is 11.8. The van der Waals surface area contributed by atoms with E-state index in [1.807, 2.05) is 24.3 Å². The van der Waals surface area contributed by atoms with Crippen molar-refractivity contribution in [1.82, 2.24) is 0 Å². The standard InChI is InChI=1S/C18H18O2/c1-18(15-6-4-3-5-7-15)12-16(18)13-8-10-14(11-9-13)17(19)20-2/h3-11,16H,12H2,1-2H3/t16-,18-/m1/s1. The summed E-state index contributed by atoms with van der Waals surface area (Å²) in [6, 6.07) is 18.4. The molecule has 2 nitrogen and oxygen atoms in total. The molecule has 2 atom stereocenters. The van der Waals surface area contributed by atoms with Crippen LogP contribution in [0.25, 0.3) is 0 Å². The van der Waals surface area contributed by atoms with Gasteiger partial charge >= 0.3 is 5.97 Å². The molecular formula is C18H18O2. The van der Waals surface area contributed by atoms with Crippen molar-refractivity contribution >= 4 is 5.97 Å². The minimum atomic E-state index is -0.279. The van der Waals surface area contributed by atoms with Gasteiger partial charge in [-0.1, -0.05) is 49.4 Å². The van der Waals surface area contributed by atoms with Crippen molar-refractivity contribution in [2.24, 2.45) is 0 Å². The lowest BCUT2D eigenvalue weighted by Gasteiger charge is -2.12. The molecule has 2 heteroatoms. The highest BCUT2D eigenvalue weighted by molar-refractivity contribution is 5.89. The maximum Gasteiger partial charge on any atom is 0.337 e. The Bertz CT molecular complexity index is 616. The molecule has 0 aromatic heterocycles. The van der Waals surface area contributed by atoms with E-state index in [0.29, 0.717) is 11.5 Å². The number of carbonyl (C=O) groups excluding carboxylic acids is 1. The van der Waals surface area contributed by atoms with Crippen LogP contribution >= 0.6 is 0 Å². The third-order valence-corrected chi connectivity index (χ3v) is 4.40. The van der Waals surface area contributed by atoms with Crippen molar-refractivity contribution in [3.8, 4) is 0 Å². The average Bonchev–Trinajstić information content (AvgIpc) is 3.21.